The fourth-order valence-electron chi connectivity index (χ4n) is 13.9. The number of rotatable bonds is 40. The van der Waals surface area contributed by atoms with Crippen molar-refractivity contribution in [2.24, 2.45) is 11.8 Å². The van der Waals surface area contributed by atoms with E-state index in [1.165, 1.54) is 0 Å². The van der Waals surface area contributed by atoms with E-state index < -0.39 is 124 Å². The van der Waals surface area contributed by atoms with Gasteiger partial charge in [-0.15, -0.1) is 0 Å². The molecule has 3 aromatic carbocycles. The Kier molecular flexibility index (Phi) is 39.4. The lowest BCUT2D eigenvalue weighted by atomic mass is 9.81. The lowest BCUT2D eigenvalue weighted by Gasteiger charge is -2.34. The van der Waals surface area contributed by atoms with Crippen molar-refractivity contribution >= 4 is 105 Å². The summed E-state index contributed by atoms with van der Waals surface area (Å²) in [5, 5.41) is 32.0. The van der Waals surface area contributed by atoms with E-state index in [1.807, 2.05) is 70.5 Å². The Bertz CT molecular complexity index is 4020. The maximum Gasteiger partial charge on any atom is 0.357 e. The number of amides is 7. The molecule has 29 nitrogen and oxygen atoms in total. The number of unbranched alkanes of at least 4 members (excludes halogenated alkanes) is 2. The number of carboxylic acid groups (broad SMARTS) is 1. The van der Waals surface area contributed by atoms with E-state index in [1.54, 1.807) is 116 Å². The first-order valence-corrected chi connectivity index (χ1v) is 43.1. The Balaban J connectivity index is 1.11. The lowest BCUT2D eigenvalue weighted by Crippen LogP contribution is -2.52. The number of aromatic nitrogens is 1. The number of urea groups is 1. The number of carbonyl (C=O) groups is 12. The first-order chi connectivity index (χ1) is 55.8. The van der Waals surface area contributed by atoms with Gasteiger partial charge in [-0.3, -0.25) is 53.1 Å². The number of nitrogens with zero attached hydrogens (tertiary/aromatic N) is 4. The second-order valence-corrected chi connectivity index (χ2v) is 37.4. The van der Waals surface area contributed by atoms with E-state index in [9.17, 15) is 62.6 Å². The molecule has 30 heteroatoms. The minimum atomic E-state index is -1.39. The average Bonchev–Trinajstić information content (AvgIpc) is 1.57. The van der Waals surface area contributed by atoms with Crippen LogP contribution in [0.3, 0.4) is 0 Å². The van der Waals surface area contributed by atoms with Crippen LogP contribution in [0.2, 0.25) is 0 Å². The van der Waals surface area contributed by atoms with Crippen LogP contribution in [0.15, 0.2) is 84.9 Å². The number of carboxylic acids is 1. The molecule has 0 bridgehead atoms. The number of nitrogens with one attached hydrogen (secondary N) is 7. The van der Waals surface area contributed by atoms with Crippen molar-refractivity contribution in [2.45, 2.75) is 284 Å². The summed E-state index contributed by atoms with van der Waals surface area (Å²) in [4.78, 5) is 174. The Morgan fingerprint density at radius 1 is 0.487 bits per heavy atom. The number of carbonyl (C=O) groups excluding carboxylic acids is 11. The third kappa shape index (κ3) is 39.5. The van der Waals surface area contributed by atoms with Gasteiger partial charge in [-0.25, -0.2) is 24.2 Å². The molecule has 8 N–H and O–H groups in total. The molecular formula is C89H132IN11O18. The van der Waals surface area contributed by atoms with Gasteiger partial charge in [-0.2, -0.15) is 0 Å². The molecule has 1 aliphatic carbocycles. The Morgan fingerprint density at radius 2 is 1.05 bits per heavy atom. The third-order valence-corrected chi connectivity index (χ3v) is 20.4. The van der Waals surface area contributed by atoms with E-state index >= 15 is 0 Å². The second-order valence-electron chi connectivity index (χ2n) is 36.1. The quantitative estimate of drug-likeness (QED) is 0.00887. The summed E-state index contributed by atoms with van der Waals surface area (Å²) in [6, 6.07) is 20.4. The second kappa shape index (κ2) is 47.4. The molecule has 0 unspecified atom stereocenters. The Labute approximate surface area is 716 Å². The molecule has 119 heavy (non-hydrogen) atoms. The van der Waals surface area contributed by atoms with E-state index in [0.717, 1.165) is 31.9 Å². The Morgan fingerprint density at radius 3 is 1.69 bits per heavy atom. The van der Waals surface area contributed by atoms with E-state index in [-0.39, 0.29) is 94.4 Å². The highest BCUT2D eigenvalue weighted by molar-refractivity contribution is 14.1. The van der Waals surface area contributed by atoms with Gasteiger partial charge in [0, 0.05) is 101 Å². The first kappa shape index (κ1) is 98.9. The van der Waals surface area contributed by atoms with Crippen LogP contribution >= 0.6 is 22.6 Å². The highest BCUT2D eigenvalue weighted by atomic mass is 127. The van der Waals surface area contributed by atoms with Crippen molar-refractivity contribution in [1.82, 2.24) is 56.9 Å². The van der Waals surface area contributed by atoms with Gasteiger partial charge in [-0.05, 0) is 268 Å². The summed E-state index contributed by atoms with van der Waals surface area (Å²) < 4.78 is 29.5. The molecule has 0 spiro atoms. The molecule has 1 saturated carbocycles. The normalized spacial score (nSPS) is 16.7. The van der Waals surface area contributed by atoms with Gasteiger partial charge in [-0.1, -0.05) is 60.7 Å². The number of aliphatic carboxylic acids is 1. The van der Waals surface area contributed by atoms with E-state index in [4.69, 9.17) is 23.7 Å². The van der Waals surface area contributed by atoms with Gasteiger partial charge in [0.15, 0.2) is 0 Å². The molecule has 1 aromatic heterocycles. The van der Waals surface area contributed by atoms with Crippen molar-refractivity contribution in [1.29, 1.82) is 0 Å². The van der Waals surface area contributed by atoms with Gasteiger partial charge in [0.25, 0.3) is 0 Å². The molecular weight excluding hydrogens is 1640 g/mol. The molecule has 658 valence electrons. The fraction of sp³-hybridized carbons (Fsp3) is 0.629. The number of pyridine rings is 1. The average molecular weight is 1770 g/mol. The number of benzene rings is 3. The first-order valence-electron chi connectivity index (χ1n) is 42.0. The van der Waals surface area contributed by atoms with Crippen LogP contribution in [-0.2, 0) is 91.0 Å². The van der Waals surface area contributed by atoms with Crippen LogP contribution in [0, 0.1) is 15.4 Å². The summed E-state index contributed by atoms with van der Waals surface area (Å²) in [5.74, 6) is -6.52. The SMILES string of the molecule is CC(C)(C)OC(=O)CC[C@H](NC(=O)N[C@@H](CCCCNC(=O)[C@@H](Cc1ccc2ccccc2c1)NC(=O)[C@H]1CC[C@H](CNC(=O)[C@H](CCCCNC(=O)CCCc2ccc(I)cc2)NC(=O)CC[C@H](C(=O)OC(C)(C)C)N2CCN(CC(=O)OC(C)(C)C)CCN(Cc3cccc(C(=O)OC(C)(C)C)n3)CC2)CC1)C(=O)O)C(=O)OC(C)(C)C. The van der Waals surface area contributed by atoms with E-state index in [0.29, 0.717) is 116 Å². The molecule has 1 saturated heterocycles. The van der Waals surface area contributed by atoms with Crippen LogP contribution in [0.1, 0.15) is 234 Å². The number of hydrogen-bond donors (Lipinski definition) is 8. The van der Waals surface area contributed by atoms with Crippen molar-refractivity contribution in [3.05, 3.63) is 111 Å². The van der Waals surface area contributed by atoms with Crippen molar-refractivity contribution in [3.8, 4) is 0 Å². The zero-order valence-electron chi connectivity index (χ0n) is 72.7. The maximum atomic E-state index is 14.6. The topological polar surface area (TPSA) is 378 Å². The van der Waals surface area contributed by atoms with E-state index in [2.05, 4.69) is 81.8 Å². The summed E-state index contributed by atoms with van der Waals surface area (Å²) in [6.45, 7) is 29.4. The van der Waals surface area contributed by atoms with Crippen LogP contribution in [-0.4, -0.2) is 220 Å². The third-order valence-electron chi connectivity index (χ3n) is 19.7. The summed E-state index contributed by atoms with van der Waals surface area (Å²) in [6.07, 6.45) is 5.08. The van der Waals surface area contributed by atoms with Crippen LogP contribution in [0.25, 0.3) is 10.8 Å². The van der Waals surface area contributed by atoms with Gasteiger partial charge >= 0.3 is 41.8 Å². The number of fused-ring (bicyclic) bond motifs is 1. The largest absolute Gasteiger partial charge is 0.480 e. The molecule has 7 amide bonds. The van der Waals surface area contributed by atoms with Crippen molar-refractivity contribution < 1.29 is 86.3 Å². The highest BCUT2D eigenvalue weighted by Gasteiger charge is 2.37. The summed E-state index contributed by atoms with van der Waals surface area (Å²) in [5.41, 5.74) is -1.39. The zero-order valence-corrected chi connectivity index (χ0v) is 74.8. The van der Waals surface area contributed by atoms with Crippen LogP contribution in [0.4, 0.5) is 4.79 Å². The molecule has 2 heterocycles. The van der Waals surface area contributed by atoms with Gasteiger partial charge in [0.2, 0.25) is 29.5 Å². The van der Waals surface area contributed by atoms with Crippen molar-refractivity contribution in [3.63, 3.8) is 0 Å². The molecule has 0 radical (unpaired) electrons. The summed E-state index contributed by atoms with van der Waals surface area (Å²) in [7, 11) is 0. The molecule has 2 aliphatic rings. The molecule has 6 rings (SSSR count). The number of ether oxygens (including phenoxy) is 5. The predicted molar refractivity (Wildman–Crippen MR) is 461 cm³/mol. The lowest BCUT2D eigenvalue weighted by molar-refractivity contribution is -0.163. The molecule has 4 aromatic rings. The maximum absolute atomic E-state index is 14.6. The minimum absolute atomic E-state index is 0.00690. The Hall–Kier alpha value is -8.88. The number of aryl methyl sites for hydroxylation is 1. The van der Waals surface area contributed by atoms with Crippen LogP contribution in [0.5, 0.6) is 0 Å². The van der Waals surface area contributed by atoms with Gasteiger partial charge in [0.1, 0.15) is 63.9 Å². The fourth-order valence-corrected chi connectivity index (χ4v) is 14.3. The zero-order chi connectivity index (χ0) is 87.8. The minimum Gasteiger partial charge on any atom is -0.480 e. The number of hydrogen-bond acceptors (Lipinski definition) is 21. The molecule has 1 aliphatic heterocycles. The number of halogens is 1. The highest BCUT2D eigenvalue weighted by Crippen LogP contribution is 2.30. The predicted octanol–water partition coefficient (Wildman–Crippen LogP) is 10.4. The van der Waals surface area contributed by atoms with Crippen molar-refractivity contribution in [2.75, 3.05) is 65.4 Å². The van der Waals surface area contributed by atoms with Gasteiger partial charge < -0.3 is 66.0 Å². The summed E-state index contributed by atoms with van der Waals surface area (Å²) >= 11 is 2.26. The standard InChI is InChI=1S/C89H132IN11O18/c1-85(2,3)115-75(104)45-42-70(82(112)118-88(10,11)12)98-84(114)97-68(80(109)110)29-19-21-47-92-79(108)71(55-61-34-37-62-25-16-17-26-64(62)54-61)96-77(106)63-38-32-60(33-39-63)56-93-78(107)67(28-18-20-46-91-73(102)31-22-24-59-35-40-65(90)41-36-59)95-74(103)44-43-72(83(113)119-89(13,14)15)101-52-50-99(48-49-100(51-53-101)58-76(105)116-86(4,5)6)57-66-27-23-30-69(94-66)81(111)117-87(7,8)9/h16-17,23,25-27,30,34-37,40-41,54,60,63,67-68,70-72H,18-22,24,28-29,31-33,38-39,42-53,55-58H2,1-15H3,(H,91,102)(H,92,108)(H,93,107)(H,95,103)(H,96,106)(H,109,110)(H2,97,98,114)/t60-,63-,67-,68-,70-,71+,72+/m0/s1. The smallest absolute Gasteiger partial charge is 0.357 e. The molecule has 2 fully saturated rings. The van der Waals surface area contributed by atoms with Gasteiger partial charge in [0.05, 0.1) is 12.2 Å². The van der Waals surface area contributed by atoms with Crippen LogP contribution < -0.4 is 37.2 Å². The molecule has 5 atom stereocenters. The monoisotopic (exact) mass is 1770 g/mol. The number of esters is 5.